The van der Waals surface area contributed by atoms with E-state index in [4.69, 9.17) is 4.74 Å². The molecule has 0 amide bonds. The Morgan fingerprint density at radius 2 is 1.75 bits per heavy atom. The lowest BCUT2D eigenvalue weighted by Crippen LogP contribution is -2.32. The van der Waals surface area contributed by atoms with Gasteiger partial charge in [-0.3, -0.25) is 0 Å². The van der Waals surface area contributed by atoms with Gasteiger partial charge in [0.05, 0.1) is 7.11 Å². The topological polar surface area (TPSA) is 38.3 Å². The molecule has 0 saturated heterocycles. The summed E-state index contributed by atoms with van der Waals surface area (Å²) < 4.78 is 4.90. The smallest absolute Gasteiger partial charge is 0.327 e. The zero-order valence-corrected chi connectivity index (χ0v) is 13.5. The third-order valence-electron chi connectivity index (χ3n) is 3.28. The molecule has 20 heavy (non-hydrogen) atoms. The van der Waals surface area contributed by atoms with Crippen LogP contribution < -0.4 is 5.32 Å². The van der Waals surface area contributed by atoms with Crippen molar-refractivity contribution in [2.24, 2.45) is 5.92 Å². The number of hydrogen-bond acceptors (Lipinski definition) is 3. The van der Waals surface area contributed by atoms with Gasteiger partial charge < -0.3 is 10.1 Å². The number of hydrogen-bond donors (Lipinski definition) is 1. The Balaban J connectivity index is 2.93. The van der Waals surface area contributed by atoms with Crippen LogP contribution in [-0.2, 0) is 14.9 Å². The molecule has 112 valence electrons. The highest BCUT2D eigenvalue weighted by molar-refractivity contribution is 5.77. The fraction of sp³-hybridized carbons (Fsp3) is 0.588. The van der Waals surface area contributed by atoms with Crippen LogP contribution in [-0.4, -0.2) is 19.6 Å². The fourth-order valence-corrected chi connectivity index (χ4v) is 1.98. The molecule has 0 radical (unpaired) electrons. The molecule has 0 saturated carbocycles. The van der Waals surface area contributed by atoms with Gasteiger partial charge >= 0.3 is 5.97 Å². The van der Waals surface area contributed by atoms with E-state index in [2.05, 4.69) is 52.1 Å². The van der Waals surface area contributed by atoms with Gasteiger partial charge in [0.2, 0.25) is 0 Å². The second kappa shape index (κ2) is 6.89. The van der Waals surface area contributed by atoms with E-state index < -0.39 is 6.04 Å². The van der Waals surface area contributed by atoms with Crippen molar-refractivity contribution in [1.82, 2.24) is 5.32 Å². The second-order valence-corrected chi connectivity index (χ2v) is 6.63. The number of methoxy groups -OCH3 is 1. The largest absolute Gasteiger partial charge is 0.468 e. The first kappa shape index (κ1) is 16.7. The predicted octanol–water partition coefficient (Wildman–Crippen LogP) is 3.44. The lowest BCUT2D eigenvalue weighted by Gasteiger charge is -2.22. The molecule has 1 atom stereocenters. The van der Waals surface area contributed by atoms with Gasteiger partial charge in [-0.1, -0.05) is 58.9 Å². The molecule has 0 aromatic heterocycles. The zero-order chi connectivity index (χ0) is 15.3. The van der Waals surface area contributed by atoms with E-state index in [9.17, 15) is 4.79 Å². The summed E-state index contributed by atoms with van der Waals surface area (Å²) >= 11 is 0. The fourth-order valence-electron chi connectivity index (χ4n) is 1.98. The predicted molar refractivity (Wildman–Crippen MR) is 82.7 cm³/mol. The average Bonchev–Trinajstić information content (AvgIpc) is 2.37. The Morgan fingerprint density at radius 1 is 1.20 bits per heavy atom. The summed E-state index contributed by atoms with van der Waals surface area (Å²) in [6.07, 6.45) is 0. The minimum Gasteiger partial charge on any atom is -0.468 e. The normalized spacial score (nSPS) is 13.3. The van der Waals surface area contributed by atoms with Gasteiger partial charge in [-0.05, 0) is 29.0 Å². The van der Waals surface area contributed by atoms with Crippen LogP contribution in [0.25, 0.3) is 0 Å². The summed E-state index contributed by atoms with van der Waals surface area (Å²) in [5, 5.41) is 3.27. The maximum atomic E-state index is 11.9. The van der Waals surface area contributed by atoms with Crippen LogP contribution in [0.1, 0.15) is 51.8 Å². The Bertz CT molecular complexity index is 429. The van der Waals surface area contributed by atoms with Crippen molar-refractivity contribution in [1.29, 1.82) is 0 Å². The van der Waals surface area contributed by atoms with Crippen LogP contribution in [0.5, 0.6) is 0 Å². The Labute approximate surface area is 122 Å². The zero-order valence-electron chi connectivity index (χ0n) is 13.5. The van der Waals surface area contributed by atoms with E-state index in [1.807, 2.05) is 12.1 Å². The molecule has 1 N–H and O–H groups in total. The van der Waals surface area contributed by atoms with Crippen molar-refractivity contribution in [2.45, 2.75) is 46.1 Å². The minimum absolute atomic E-state index is 0.116. The van der Waals surface area contributed by atoms with E-state index in [1.165, 1.54) is 12.7 Å². The van der Waals surface area contributed by atoms with Gasteiger partial charge in [-0.25, -0.2) is 4.79 Å². The number of ether oxygens (including phenoxy) is 1. The van der Waals surface area contributed by atoms with Crippen molar-refractivity contribution in [3.05, 3.63) is 35.4 Å². The van der Waals surface area contributed by atoms with Crippen molar-refractivity contribution >= 4 is 5.97 Å². The van der Waals surface area contributed by atoms with Gasteiger partial charge in [-0.2, -0.15) is 0 Å². The second-order valence-electron chi connectivity index (χ2n) is 6.63. The van der Waals surface area contributed by atoms with Crippen LogP contribution in [0.3, 0.4) is 0 Å². The maximum Gasteiger partial charge on any atom is 0.327 e. The molecular weight excluding hydrogens is 250 g/mol. The number of rotatable bonds is 5. The van der Waals surface area contributed by atoms with Crippen molar-refractivity contribution in [3.8, 4) is 0 Å². The Kier molecular flexibility index (Phi) is 5.75. The number of carbonyl (C=O) groups is 1. The number of esters is 1. The Morgan fingerprint density at radius 3 is 2.15 bits per heavy atom. The third kappa shape index (κ3) is 4.64. The van der Waals surface area contributed by atoms with E-state index in [0.717, 1.165) is 12.1 Å². The highest BCUT2D eigenvalue weighted by atomic mass is 16.5. The number of benzene rings is 1. The van der Waals surface area contributed by atoms with Crippen molar-refractivity contribution in [2.75, 3.05) is 13.7 Å². The molecule has 1 rings (SSSR count). The Hall–Kier alpha value is -1.35. The van der Waals surface area contributed by atoms with Gasteiger partial charge in [0.25, 0.3) is 0 Å². The number of nitrogens with one attached hydrogen (secondary N) is 1. The first-order chi connectivity index (χ1) is 9.25. The molecule has 0 heterocycles. The highest BCUT2D eigenvalue weighted by Crippen LogP contribution is 2.24. The molecule has 0 aliphatic rings. The molecule has 1 unspecified atom stereocenters. The summed E-state index contributed by atoms with van der Waals surface area (Å²) in [5.74, 6) is 0.241. The molecule has 3 nitrogen and oxygen atoms in total. The van der Waals surface area contributed by atoms with Crippen LogP contribution in [0, 0.1) is 5.92 Å². The van der Waals surface area contributed by atoms with Crippen LogP contribution in [0.4, 0.5) is 0 Å². The number of carbonyl (C=O) groups excluding carboxylic acids is 1. The highest BCUT2D eigenvalue weighted by Gasteiger charge is 2.22. The molecule has 1 aromatic carbocycles. The van der Waals surface area contributed by atoms with Crippen molar-refractivity contribution in [3.63, 3.8) is 0 Å². The summed E-state index contributed by atoms with van der Waals surface area (Å²) in [4.78, 5) is 11.9. The minimum atomic E-state index is -0.392. The average molecular weight is 277 g/mol. The molecule has 1 aromatic rings. The van der Waals surface area contributed by atoms with Gasteiger partial charge in [-0.15, -0.1) is 0 Å². The summed E-state index contributed by atoms with van der Waals surface area (Å²) in [6.45, 7) is 11.5. The summed E-state index contributed by atoms with van der Waals surface area (Å²) in [6, 6.07) is 7.80. The van der Waals surface area contributed by atoms with Gasteiger partial charge in [0.15, 0.2) is 0 Å². The van der Waals surface area contributed by atoms with Crippen molar-refractivity contribution < 1.29 is 9.53 Å². The SMILES string of the molecule is COC(=O)C(NCC(C)C)c1ccc(C(C)(C)C)cc1. The first-order valence-corrected chi connectivity index (χ1v) is 7.17. The van der Waals surface area contributed by atoms with Gasteiger partial charge in [0.1, 0.15) is 6.04 Å². The lowest BCUT2D eigenvalue weighted by atomic mass is 9.86. The van der Waals surface area contributed by atoms with E-state index in [1.54, 1.807) is 0 Å². The monoisotopic (exact) mass is 277 g/mol. The van der Waals surface area contributed by atoms with Crippen LogP contribution in [0.15, 0.2) is 24.3 Å². The van der Waals surface area contributed by atoms with E-state index in [0.29, 0.717) is 5.92 Å². The molecule has 0 spiro atoms. The quantitative estimate of drug-likeness (QED) is 0.838. The standard InChI is InChI=1S/C17H27NO2/c1-12(2)11-18-15(16(19)20-6)13-7-9-14(10-8-13)17(3,4)5/h7-10,12,15,18H,11H2,1-6H3. The molecular formula is C17H27NO2. The third-order valence-corrected chi connectivity index (χ3v) is 3.28. The van der Waals surface area contributed by atoms with Gasteiger partial charge in [0, 0.05) is 0 Å². The lowest BCUT2D eigenvalue weighted by molar-refractivity contribution is -0.143. The first-order valence-electron chi connectivity index (χ1n) is 7.17. The molecule has 3 heteroatoms. The van der Waals surface area contributed by atoms with E-state index >= 15 is 0 Å². The van der Waals surface area contributed by atoms with Crippen LogP contribution >= 0.6 is 0 Å². The van der Waals surface area contributed by atoms with Crippen LogP contribution in [0.2, 0.25) is 0 Å². The van der Waals surface area contributed by atoms with E-state index in [-0.39, 0.29) is 11.4 Å². The molecule has 0 aliphatic carbocycles. The molecule has 0 aliphatic heterocycles. The summed E-state index contributed by atoms with van der Waals surface area (Å²) in [5.41, 5.74) is 2.32. The molecule has 0 bridgehead atoms. The molecule has 0 fully saturated rings. The summed E-state index contributed by atoms with van der Waals surface area (Å²) in [7, 11) is 1.43. The maximum absolute atomic E-state index is 11.9.